The second-order valence-electron chi connectivity index (χ2n) is 10.7. The summed E-state index contributed by atoms with van der Waals surface area (Å²) in [5.74, 6) is -0.393. The van der Waals surface area contributed by atoms with E-state index in [1.54, 1.807) is 35.0 Å². The number of rotatable bonds is 8. The molecule has 5 rings (SSSR count). The molecule has 0 amide bonds. The quantitative estimate of drug-likeness (QED) is 0.179. The van der Waals surface area contributed by atoms with Gasteiger partial charge in [-0.3, -0.25) is 4.98 Å². The molecule has 1 aliphatic rings. The number of halogens is 1. The molecule has 196 valence electrons. The molecule has 0 saturated heterocycles. The third kappa shape index (κ3) is 5.55. The van der Waals surface area contributed by atoms with Crippen molar-refractivity contribution in [3.05, 3.63) is 83.3 Å². The third-order valence-corrected chi connectivity index (χ3v) is 9.63. The molecule has 0 atom stereocenters. The number of benzene rings is 2. The van der Waals surface area contributed by atoms with Crippen molar-refractivity contribution in [2.45, 2.75) is 44.2 Å². The molecule has 0 bridgehead atoms. The van der Waals surface area contributed by atoms with E-state index in [2.05, 4.69) is 24.6 Å². The summed E-state index contributed by atoms with van der Waals surface area (Å²) < 4.78 is 47.1. The number of aryl methyl sites for hydroxylation is 1. The standard InChI is InChI=1S/C29H30FN3O3SSi/c1-20-6-5-7-27(31-20)29-25(18-33(32-29)19-36-13-15-38(2,3)4)22-8-10-26(30)24(17-22)21-9-11-28-23(16-21)12-14-37(28,34)35/h5-12,14,16-18H,13,15,19H2,1-4H3. The lowest BCUT2D eigenvalue weighted by atomic mass is 9.97. The molecule has 0 unspecified atom stereocenters. The highest BCUT2D eigenvalue weighted by atomic mass is 32.2. The lowest BCUT2D eigenvalue weighted by molar-refractivity contribution is 0.0787. The van der Waals surface area contributed by atoms with Crippen molar-refractivity contribution >= 4 is 24.0 Å². The number of ether oxygens (including phenoxy) is 1. The molecule has 0 aliphatic carbocycles. The van der Waals surface area contributed by atoms with Crippen LogP contribution in [0.1, 0.15) is 11.3 Å². The molecule has 4 aromatic rings. The van der Waals surface area contributed by atoms with Gasteiger partial charge in [0.05, 0.1) is 10.6 Å². The van der Waals surface area contributed by atoms with Crippen LogP contribution in [0.2, 0.25) is 25.7 Å². The number of hydrogen-bond acceptors (Lipinski definition) is 5. The normalized spacial score (nSPS) is 14.1. The van der Waals surface area contributed by atoms with Gasteiger partial charge in [-0.15, -0.1) is 0 Å². The van der Waals surface area contributed by atoms with Gasteiger partial charge in [-0.05, 0) is 72.1 Å². The van der Waals surface area contributed by atoms with Gasteiger partial charge in [0.2, 0.25) is 0 Å². The molecular weight excluding hydrogens is 517 g/mol. The van der Waals surface area contributed by atoms with Gasteiger partial charge in [-0.25, -0.2) is 17.5 Å². The molecule has 38 heavy (non-hydrogen) atoms. The van der Waals surface area contributed by atoms with Crippen molar-refractivity contribution in [2.75, 3.05) is 6.61 Å². The maximum Gasteiger partial charge on any atom is 0.200 e. The number of hydrogen-bond donors (Lipinski definition) is 0. The predicted molar refractivity (Wildman–Crippen MR) is 151 cm³/mol. The molecule has 0 spiro atoms. The first-order valence-electron chi connectivity index (χ1n) is 12.5. The Balaban J connectivity index is 1.53. The fraction of sp³-hybridized carbons (Fsp3) is 0.241. The van der Waals surface area contributed by atoms with E-state index in [1.807, 2.05) is 31.3 Å². The summed E-state index contributed by atoms with van der Waals surface area (Å²) in [5, 5.41) is 5.97. The first kappa shape index (κ1) is 26.2. The average Bonchev–Trinajstić information content (AvgIpc) is 3.42. The van der Waals surface area contributed by atoms with E-state index in [0.717, 1.165) is 28.6 Å². The van der Waals surface area contributed by atoms with E-state index >= 15 is 4.39 Å². The smallest absolute Gasteiger partial charge is 0.200 e. The highest BCUT2D eigenvalue weighted by Gasteiger charge is 2.22. The summed E-state index contributed by atoms with van der Waals surface area (Å²) in [6.07, 6.45) is 3.45. The molecule has 0 radical (unpaired) electrons. The summed E-state index contributed by atoms with van der Waals surface area (Å²) in [4.78, 5) is 4.91. The Bertz CT molecular complexity index is 1660. The van der Waals surface area contributed by atoms with Gasteiger partial charge >= 0.3 is 0 Å². The van der Waals surface area contributed by atoms with Crippen molar-refractivity contribution in [1.29, 1.82) is 0 Å². The fourth-order valence-electron chi connectivity index (χ4n) is 4.35. The van der Waals surface area contributed by atoms with E-state index in [4.69, 9.17) is 9.84 Å². The molecular formula is C29H30FN3O3SSi. The Kier molecular flexibility index (Phi) is 6.93. The van der Waals surface area contributed by atoms with Crippen LogP contribution in [0.3, 0.4) is 0 Å². The van der Waals surface area contributed by atoms with Crippen LogP contribution in [-0.2, 0) is 21.3 Å². The molecule has 2 aromatic carbocycles. The topological polar surface area (TPSA) is 74.1 Å². The third-order valence-electron chi connectivity index (χ3n) is 6.44. The van der Waals surface area contributed by atoms with Crippen LogP contribution in [-0.4, -0.2) is 37.9 Å². The zero-order valence-electron chi connectivity index (χ0n) is 21.9. The summed E-state index contributed by atoms with van der Waals surface area (Å²) in [5.41, 5.74) is 5.39. The monoisotopic (exact) mass is 547 g/mol. The van der Waals surface area contributed by atoms with E-state index in [9.17, 15) is 8.42 Å². The minimum absolute atomic E-state index is 0.237. The number of pyridine rings is 1. The Hall–Kier alpha value is -3.40. The first-order valence-corrected chi connectivity index (χ1v) is 17.7. The largest absolute Gasteiger partial charge is 0.360 e. The van der Waals surface area contributed by atoms with Crippen LogP contribution in [0.4, 0.5) is 4.39 Å². The second-order valence-corrected chi connectivity index (χ2v) is 18.2. The van der Waals surface area contributed by atoms with Crippen molar-refractivity contribution < 1.29 is 17.5 Å². The zero-order chi connectivity index (χ0) is 27.1. The van der Waals surface area contributed by atoms with Crippen molar-refractivity contribution in [1.82, 2.24) is 14.8 Å². The van der Waals surface area contributed by atoms with Crippen LogP contribution in [0.5, 0.6) is 0 Å². The highest BCUT2D eigenvalue weighted by Crippen LogP contribution is 2.36. The molecule has 2 aromatic heterocycles. The van der Waals surface area contributed by atoms with Gasteiger partial charge in [0, 0.05) is 43.1 Å². The van der Waals surface area contributed by atoms with Gasteiger partial charge in [-0.1, -0.05) is 37.8 Å². The van der Waals surface area contributed by atoms with Gasteiger partial charge in [-0.2, -0.15) is 5.10 Å². The molecule has 0 saturated carbocycles. The first-order chi connectivity index (χ1) is 18.0. The molecule has 6 nitrogen and oxygen atoms in total. The minimum Gasteiger partial charge on any atom is -0.360 e. The average molecular weight is 548 g/mol. The van der Waals surface area contributed by atoms with Gasteiger partial charge in [0.15, 0.2) is 9.84 Å². The van der Waals surface area contributed by atoms with Crippen molar-refractivity contribution in [3.8, 4) is 33.6 Å². The summed E-state index contributed by atoms with van der Waals surface area (Å²) in [7, 11) is -4.63. The molecule has 3 heterocycles. The van der Waals surface area contributed by atoms with Crippen molar-refractivity contribution in [3.63, 3.8) is 0 Å². The Morgan fingerprint density at radius 1 is 1.00 bits per heavy atom. The Morgan fingerprint density at radius 2 is 1.76 bits per heavy atom. The number of fused-ring (bicyclic) bond motifs is 1. The lowest BCUT2D eigenvalue weighted by Gasteiger charge is -2.15. The Morgan fingerprint density at radius 3 is 2.53 bits per heavy atom. The maximum atomic E-state index is 15.1. The van der Waals surface area contributed by atoms with Crippen LogP contribution in [0.15, 0.2) is 71.1 Å². The van der Waals surface area contributed by atoms with Gasteiger partial charge < -0.3 is 4.74 Å². The van der Waals surface area contributed by atoms with Crippen LogP contribution < -0.4 is 0 Å². The Labute approximate surface area is 223 Å². The van der Waals surface area contributed by atoms with Gasteiger partial charge in [0.25, 0.3) is 0 Å². The number of aromatic nitrogens is 3. The minimum atomic E-state index is -3.42. The van der Waals surface area contributed by atoms with E-state index in [0.29, 0.717) is 35.7 Å². The van der Waals surface area contributed by atoms with Crippen LogP contribution in [0, 0.1) is 12.7 Å². The summed E-state index contributed by atoms with van der Waals surface area (Å²) in [6, 6.07) is 16.6. The number of sulfone groups is 1. The highest BCUT2D eigenvalue weighted by molar-refractivity contribution is 7.94. The van der Waals surface area contributed by atoms with E-state index in [-0.39, 0.29) is 4.90 Å². The second kappa shape index (κ2) is 10.1. The molecule has 0 fully saturated rings. The van der Waals surface area contributed by atoms with E-state index in [1.165, 1.54) is 17.5 Å². The fourth-order valence-corrected chi connectivity index (χ4v) is 6.30. The summed E-state index contributed by atoms with van der Waals surface area (Å²) >= 11 is 0. The predicted octanol–water partition coefficient (Wildman–Crippen LogP) is 6.80. The van der Waals surface area contributed by atoms with E-state index < -0.39 is 23.7 Å². The molecule has 1 aliphatic heterocycles. The SMILES string of the molecule is Cc1cccc(-c2nn(COCC[Si](C)(C)C)cc2-c2ccc(F)c(-c3ccc4c(c3)C=CS4(=O)=O)c2)n1. The van der Waals surface area contributed by atoms with Crippen LogP contribution in [0.25, 0.3) is 39.7 Å². The van der Waals surface area contributed by atoms with Crippen molar-refractivity contribution in [2.24, 2.45) is 0 Å². The maximum absolute atomic E-state index is 15.1. The van der Waals surface area contributed by atoms with Crippen LogP contribution >= 0.6 is 0 Å². The number of nitrogens with zero attached hydrogens (tertiary/aromatic N) is 3. The lowest BCUT2D eigenvalue weighted by Crippen LogP contribution is -2.22. The van der Waals surface area contributed by atoms with Gasteiger partial charge in [0.1, 0.15) is 18.2 Å². The molecule has 9 heteroatoms. The zero-order valence-corrected chi connectivity index (χ0v) is 23.7. The summed E-state index contributed by atoms with van der Waals surface area (Å²) in [6.45, 7) is 9.85. The molecule has 0 N–H and O–H groups in total.